The lowest BCUT2D eigenvalue weighted by Crippen LogP contribution is -2.29. The van der Waals surface area contributed by atoms with Crippen LogP contribution in [0.3, 0.4) is 0 Å². The number of nitrogens with zero attached hydrogens (tertiary/aromatic N) is 5. The van der Waals surface area contributed by atoms with E-state index in [1.807, 2.05) is 43.7 Å². The molecule has 8 heteroatoms. The Hall–Kier alpha value is -4.04. The van der Waals surface area contributed by atoms with Gasteiger partial charge in [-0.15, -0.1) is 0 Å². The van der Waals surface area contributed by atoms with Gasteiger partial charge in [0.15, 0.2) is 0 Å². The number of amides is 1. The van der Waals surface area contributed by atoms with Gasteiger partial charge in [-0.3, -0.25) is 19.7 Å². The van der Waals surface area contributed by atoms with Crippen LogP contribution in [0.5, 0.6) is 0 Å². The van der Waals surface area contributed by atoms with Crippen LogP contribution in [0.25, 0.3) is 27.9 Å². The third-order valence-electron chi connectivity index (χ3n) is 6.41. The topological polar surface area (TPSA) is 102 Å². The van der Waals surface area contributed by atoms with Gasteiger partial charge in [0.05, 0.1) is 28.8 Å². The van der Waals surface area contributed by atoms with Crippen LogP contribution in [0, 0.1) is 0 Å². The Morgan fingerprint density at radius 3 is 2.56 bits per heavy atom. The highest BCUT2D eigenvalue weighted by Gasteiger charge is 2.18. The lowest BCUT2D eigenvalue weighted by molar-refractivity contribution is 0.1000. The minimum atomic E-state index is -0.457. The maximum Gasteiger partial charge on any atom is 0.250 e. The highest BCUT2D eigenvalue weighted by atomic mass is 16.1. The minimum Gasteiger partial charge on any atom is -0.387 e. The smallest absolute Gasteiger partial charge is 0.250 e. The predicted octanol–water partition coefficient (Wildman–Crippen LogP) is 3.46. The van der Waals surface area contributed by atoms with E-state index in [0.29, 0.717) is 5.56 Å². The van der Waals surface area contributed by atoms with E-state index in [2.05, 4.69) is 48.9 Å². The molecule has 4 aromatic heterocycles. The summed E-state index contributed by atoms with van der Waals surface area (Å²) in [6, 6.07) is 11.9. The standard InChI is InChI=1S/C26H27N7O/c1-28-19-4-6-24(31-15-19)21-7-10-29-26-22(21)13-20(32(26)2)16-33-11-8-17(9-12-33)23-5-3-18(14-30-23)25(27)34/h3-8,10,13-15,28H,9,11-12,16H2,1-2H3,(H2,27,34). The van der Waals surface area contributed by atoms with Gasteiger partial charge in [0.2, 0.25) is 5.91 Å². The zero-order valence-corrected chi connectivity index (χ0v) is 19.3. The Bertz CT molecular complexity index is 1370. The summed E-state index contributed by atoms with van der Waals surface area (Å²) in [5.41, 5.74) is 13.0. The molecule has 0 spiro atoms. The quantitative estimate of drug-likeness (QED) is 0.464. The van der Waals surface area contributed by atoms with Crippen molar-refractivity contribution in [1.29, 1.82) is 0 Å². The molecule has 0 fully saturated rings. The van der Waals surface area contributed by atoms with Crippen LogP contribution in [0.4, 0.5) is 5.69 Å². The van der Waals surface area contributed by atoms with E-state index in [1.165, 1.54) is 11.3 Å². The van der Waals surface area contributed by atoms with E-state index in [0.717, 1.165) is 59.7 Å². The molecule has 8 nitrogen and oxygen atoms in total. The van der Waals surface area contributed by atoms with Crippen LogP contribution in [0.2, 0.25) is 0 Å². The lowest BCUT2D eigenvalue weighted by Gasteiger charge is -2.26. The molecule has 1 aliphatic heterocycles. The van der Waals surface area contributed by atoms with Gasteiger partial charge in [-0.25, -0.2) is 4.98 Å². The molecule has 3 N–H and O–H groups in total. The number of carbonyl (C=O) groups is 1. The third kappa shape index (κ3) is 4.15. The first-order chi connectivity index (χ1) is 16.5. The molecule has 0 aliphatic carbocycles. The number of nitrogens with two attached hydrogens (primary N) is 1. The van der Waals surface area contributed by atoms with Gasteiger partial charge in [-0.1, -0.05) is 6.08 Å². The van der Waals surface area contributed by atoms with Gasteiger partial charge in [-0.05, 0) is 48.4 Å². The number of anilines is 1. The van der Waals surface area contributed by atoms with Crippen molar-refractivity contribution in [3.05, 3.63) is 78.0 Å². The maximum absolute atomic E-state index is 11.3. The van der Waals surface area contributed by atoms with E-state index in [9.17, 15) is 4.79 Å². The summed E-state index contributed by atoms with van der Waals surface area (Å²) in [6.45, 7) is 2.60. The third-order valence-corrected chi connectivity index (χ3v) is 6.41. The number of aromatic nitrogens is 4. The molecule has 1 amide bonds. The fraction of sp³-hybridized carbons (Fsp3) is 0.231. The Morgan fingerprint density at radius 1 is 1.09 bits per heavy atom. The van der Waals surface area contributed by atoms with Crippen molar-refractivity contribution in [2.24, 2.45) is 12.8 Å². The molecule has 5 heterocycles. The van der Waals surface area contributed by atoms with Gasteiger partial charge in [0.1, 0.15) is 5.65 Å². The minimum absolute atomic E-state index is 0.429. The Balaban J connectivity index is 1.35. The first-order valence-electron chi connectivity index (χ1n) is 11.3. The van der Waals surface area contributed by atoms with Crippen LogP contribution >= 0.6 is 0 Å². The summed E-state index contributed by atoms with van der Waals surface area (Å²) >= 11 is 0. The predicted molar refractivity (Wildman–Crippen MR) is 134 cm³/mol. The second-order valence-electron chi connectivity index (χ2n) is 8.48. The average Bonchev–Trinajstić information content (AvgIpc) is 3.20. The molecule has 34 heavy (non-hydrogen) atoms. The first-order valence-corrected chi connectivity index (χ1v) is 11.3. The molecule has 172 valence electrons. The van der Waals surface area contributed by atoms with E-state index >= 15 is 0 Å². The number of aryl methyl sites for hydroxylation is 1. The molecule has 0 bridgehead atoms. The summed E-state index contributed by atoms with van der Waals surface area (Å²) < 4.78 is 2.17. The maximum atomic E-state index is 11.3. The van der Waals surface area contributed by atoms with Gasteiger partial charge in [0.25, 0.3) is 0 Å². The number of hydrogen-bond acceptors (Lipinski definition) is 6. The molecular weight excluding hydrogens is 426 g/mol. The van der Waals surface area contributed by atoms with Crippen molar-refractivity contribution in [3.63, 3.8) is 0 Å². The molecule has 4 aromatic rings. The van der Waals surface area contributed by atoms with Crippen molar-refractivity contribution in [1.82, 2.24) is 24.4 Å². The number of carbonyl (C=O) groups excluding carboxylic acids is 1. The summed E-state index contributed by atoms with van der Waals surface area (Å²) in [5.74, 6) is -0.457. The van der Waals surface area contributed by atoms with Crippen molar-refractivity contribution >= 4 is 28.2 Å². The average molecular weight is 454 g/mol. The van der Waals surface area contributed by atoms with E-state index in [1.54, 1.807) is 12.3 Å². The first kappa shape index (κ1) is 21.8. The van der Waals surface area contributed by atoms with Crippen LogP contribution in [-0.2, 0) is 13.6 Å². The number of pyridine rings is 3. The van der Waals surface area contributed by atoms with Crippen LogP contribution in [-0.4, -0.2) is 50.5 Å². The Labute approximate surface area is 198 Å². The summed E-state index contributed by atoms with van der Waals surface area (Å²) in [4.78, 5) is 27.4. The number of primary amides is 1. The Kier molecular flexibility index (Phi) is 5.81. The molecule has 1 aliphatic rings. The van der Waals surface area contributed by atoms with Crippen LogP contribution < -0.4 is 11.1 Å². The fourth-order valence-electron chi connectivity index (χ4n) is 4.39. The van der Waals surface area contributed by atoms with E-state index < -0.39 is 5.91 Å². The number of nitrogens with one attached hydrogen (secondary N) is 1. The summed E-state index contributed by atoms with van der Waals surface area (Å²) in [5, 5.41) is 4.22. The van der Waals surface area contributed by atoms with Crippen molar-refractivity contribution in [2.45, 2.75) is 13.0 Å². The summed E-state index contributed by atoms with van der Waals surface area (Å²) in [6.07, 6.45) is 8.36. The van der Waals surface area contributed by atoms with Gasteiger partial charge in [-0.2, -0.15) is 0 Å². The molecule has 0 radical (unpaired) electrons. The number of hydrogen-bond donors (Lipinski definition) is 2. The normalized spacial score (nSPS) is 14.2. The van der Waals surface area contributed by atoms with Gasteiger partial charge in [0, 0.05) is 62.8 Å². The van der Waals surface area contributed by atoms with Crippen molar-refractivity contribution in [3.8, 4) is 11.3 Å². The van der Waals surface area contributed by atoms with E-state index in [4.69, 9.17) is 5.73 Å². The highest BCUT2D eigenvalue weighted by Crippen LogP contribution is 2.30. The number of fused-ring (bicyclic) bond motifs is 1. The van der Waals surface area contributed by atoms with Crippen molar-refractivity contribution < 1.29 is 4.79 Å². The molecule has 0 unspecified atom stereocenters. The molecule has 0 saturated heterocycles. The highest BCUT2D eigenvalue weighted by molar-refractivity contribution is 5.93. The van der Waals surface area contributed by atoms with Crippen molar-refractivity contribution in [2.75, 3.05) is 25.5 Å². The lowest BCUT2D eigenvalue weighted by atomic mass is 10.0. The second kappa shape index (κ2) is 9.07. The molecule has 0 aromatic carbocycles. The zero-order valence-electron chi connectivity index (χ0n) is 19.3. The molecule has 5 rings (SSSR count). The Morgan fingerprint density at radius 2 is 1.91 bits per heavy atom. The second-order valence-corrected chi connectivity index (χ2v) is 8.48. The zero-order chi connectivity index (χ0) is 23.7. The SMILES string of the molecule is CNc1ccc(-c2ccnc3c2cc(CN2CC=C(c4ccc(C(N)=O)cn4)CC2)n3C)nc1. The largest absolute Gasteiger partial charge is 0.387 e. The molecule has 0 saturated carbocycles. The van der Waals surface area contributed by atoms with Gasteiger partial charge < -0.3 is 15.6 Å². The molecular formula is C26H27N7O. The molecule has 0 atom stereocenters. The van der Waals surface area contributed by atoms with Crippen LogP contribution in [0.1, 0.15) is 28.2 Å². The summed E-state index contributed by atoms with van der Waals surface area (Å²) in [7, 11) is 3.96. The fourth-order valence-corrected chi connectivity index (χ4v) is 4.39. The monoisotopic (exact) mass is 453 g/mol. The van der Waals surface area contributed by atoms with E-state index in [-0.39, 0.29) is 0 Å². The van der Waals surface area contributed by atoms with Gasteiger partial charge >= 0.3 is 0 Å². The number of rotatable bonds is 6. The van der Waals surface area contributed by atoms with Crippen LogP contribution in [0.15, 0.2) is 61.1 Å².